The average Bonchev–Trinajstić information content (AvgIpc) is 3.03. The molecule has 6 nitrogen and oxygen atoms in total. The molecule has 30 heavy (non-hydrogen) atoms. The van der Waals surface area contributed by atoms with Crippen molar-refractivity contribution in [3.05, 3.63) is 89.2 Å². The number of ether oxygens (including phenoxy) is 2. The van der Waals surface area contributed by atoms with Gasteiger partial charge in [-0.05, 0) is 55.0 Å². The van der Waals surface area contributed by atoms with Gasteiger partial charge in [0, 0.05) is 6.07 Å². The molecule has 0 spiro atoms. The van der Waals surface area contributed by atoms with Crippen molar-refractivity contribution in [1.82, 2.24) is 0 Å². The maximum Gasteiger partial charge on any atom is 0.339 e. The number of carbonyl (C=O) groups excluding carboxylic acids is 1. The van der Waals surface area contributed by atoms with Gasteiger partial charge in [0.25, 0.3) is 0 Å². The highest BCUT2D eigenvalue weighted by atomic mass is 32.2. The number of methoxy groups -OCH3 is 1. The fraction of sp³-hybridized carbons (Fsp3) is 0.0870. The second-order valence-corrected chi connectivity index (χ2v) is 8.27. The molecule has 0 aromatic heterocycles. The minimum Gasteiger partial charge on any atom is -0.497 e. The summed E-state index contributed by atoms with van der Waals surface area (Å²) in [5.41, 5.74) is 2.05. The quantitative estimate of drug-likeness (QED) is 0.448. The summed E-state index contributed by atoms with van der Waals surface area (Å²) in [5.74, 6) is 0.877. The highest BCUT2D eigenvalue weighted by Gasteiger charge is 2.28. The number of ketones is 1. The number of benzene rings is 3. The Hall–Kier alpha value is -3.58. The Morgan fingerprint density at radius 1 is 0.900 bits per heavy atom. The van der Waals surface area contributed by atoms with Crippen LogP contribution in [0.3, 0.4) is 0 Å². The molecule has 1 heterocycles. The lowest BCUT2D eigenvalue weighted by Crippen LogP contribution is -2.09. The van der Waals surface area contributed by atoms with Crippen molar-refractivity contribution >= 4 is 22.0 Å². The lowest BCUT2D eigenvalue weighted by molar-refractivity contribution is 0.101. The first-order valence-corrected chi connectivity index (χ1v) is 10.5. The monoisotopic (exact) mass is 422 g/mol. The van der Waals surface area contributed by atoms with Crippen LogP contribution in [-0.2, 0) is 10.1 Å². The third-order valence-corrected chi connectivity index (χ3v) is 5.83. The Kier molecular flexibility index (Phi) is 5.05. The number of hydrogen-bond acceptors (Lipinski definition) is 6. The fourth-order valence-electron chi connectivity index (χ4n) is 2.95. The van der Waals surface area contributed by atoms with Crippen LogP contribution in [0.5, 0.6) is 17.2 Å². The van der Waals surface area contributed by atoms with E-state index in [4.69, 9.17) is 13.7 Å². The van der Waals surface area contributed by atoms with E-state index in [2.05, 4.69) is 0 Å². The summed E-state index contributed by atoms with van der Waals surface area (Å²) in [4.78, 5) is 12.6. The third kappa shape index (κ3) is 3.92. The van der Waals surface area contributed by atoms with Crippen LogP contribution in [0.1, 0.15) is 21.5 Å². The molecule has 0 aliphatic carbocycles. The lowest BCUT2D eigenvalue weighted by Gasteiger charge is -2.08. The van der Waals surface area contributed by atoms with E-state index in [1.54, 1.807) is 49.6 Å². The first-order chi connectivity index (χ1) is 14.4. The van der Waals surface area contributed by atoms with Gasteiger partial charge in [-0.25, -0.2) is 0 Å². The van der Waals surface area contributed by atoms with Gasteiger partial charge >= 0.3 is 10.1 Å². The van der Waals surface area contributed by atoms with Gasteiger partial charge in [-0.2, -0.15) is 8.42 Å². The number of allylic oxidation sites excluding steroid dienone is 1. The van der Waals surface area contributed by atoms with Crippen molar-refractivity contribution in [2.45, 2.75) is 11.8 Å². The van der Waals surface area contributed by atoms with Gasteiger partial charge in [-0.1, -0.05) is 29.8 Å². The molecule has 0 radical (unpaired) electrons. The van der Waals surface area contributed by atoms with Crippen LogP contribution in [0.25, 0.3) is 6.08 Å². The van der Waals surface area contributed by atoms with Crippen LogP contribution in [0.2, 0.25) is 0 Å². The van der Waals surface area contributed by atoms with Gasteiger partial charge in [-0.3, -0.25) is 4.79 Å². The molecule has 0 N–H and O–H groups in total. The van der Waals surface area contributed by atoms with Gasteiger partial charge in [0.1, 0.15) is 22.1 Å². The largest absolute Gasteiger partial charge is 0.497 e. The van der Waals surface area contributed by atoms with E-state index in [-0.39, 0.29) is 27.9 Å². The van der Waals surface area contributed by atoms with Crippen LogP contribution in [0.15, 0.2) is 77.4 Å². The Morgan fingerprint density at radius 2 is 1.57 bits per heavy atom. The van der Waals surface area contributed by atoms with Crippen molar-refractivity contribution in [1.29, 1.82) is 0 Å². The molecule has 152 valence electrons. The molecular formula is C23H18O6S. The number of hydrogen-bond donors (Lipinski definition) is 0. The zero-order chi connectivity index (χ0) is 21.3. The molecular weight excluding hydrogens is 404 g/mol. The summed E-state index contributed by atoms with van der Waals surface area (Å²) < 4.78 is 41.0. The molecule has 0 saturated carbocycles. The predicted molar refractivity (Wildman–Crippen MR) is 111 cm³/mol. The Labute approximate surface area is 174 Å². The smallest absolute Gasteiger partial charge is 0.339 e. The van der Waals surface area contributed by atoms with Crippen molar-refractivity contribution < 1.29 is 26.9 Å². The average molecular weight is 422 g/mol. The summed E-state index contributed by atoms with van der Waals surface area (Å²) in [6, 6.07) is 17.8. The van der Waals surface area contributed by atoms with Crippen molar-refractivity contribution in [2.24, 2.45) is 0 Å². The SMILES string of the molecule is COc1ccc(C=C2Oc3cc(OS(=O)(=O)c4ccc(C)cc4)ccc3C2=O)cc1. The Bertz CT molecular complexity index is 1240. The van der Waals surface area contributed by atoms with Crippen molar-refractivity contribution in [3.8, 4) is 17.2 Å². The summed E-state index contributed by atoms with van der Waals surface area (Å²) in [6.07, 6.45) is 1.62. The second kappa shape index (κ2) is 7.68. The zero-order valence-electron chi connectivity index (χ0n) is 16.3. The molecule has 0 unspecified atom stereocenters. The number of Topliss-reactive ketones (excluding diaryl/α,β-unsaturated/α-hetero) is 1. The molecule has 3 aromatic rings. The summed E-state index contributed by atoms with van der Waals surface area (Å²) in [6.45, 7) is 1.86. The second-order valence-electron chi connectivity index (χ2n) is 6.72. The number of carbonyl (C=O) groups is 1. The lowest BCUT2D eigenvalue weighted by atomic mass is 10.1. The summed E-state index contributed by atoms with van der Waals surface area (Å²) >= 11 is 0. The fourth-order valence-corrected chi connectivity index (χ4v) is 3.87. The first-order valence-electron chi connectivity index (χ1n) is 9.09. The Balaban J connectivity index is 1.57. The number of aryl methyl sites for hydroxylation is 1. The van der Waals surface area contributed by atoms with Gasteiger partial charge < -0.3 is 13.7 Å². The molecule has 1 aliphatic rings. The van der Waals surface area contributed by atoms with Gasteiger partial charge in [-0.15, -0.1) is 0 Å². The van der Waals surface area contributed by atoms with Crippen LogP contribution in [-0.4, -0.2) is 21.3 Å². The molecule has 7 heteroatoms. The molecule has 1 aliphatic heterocycles. The van der Waals surface area contributed by atoms with E-state index in [9.17, 15) is 13.2 Å². The molecule has 4 rings (SSSR count). The predicted octanol–water partition coefficient (Wildman–Crippen LogP) is 4.39. The minimum absolute atomic E-state index is 0.0469. The third-order valence-electron chi connectivity index (χ3n) is 4.57. The summed E-state index contributed by atoms with van der Waals surface area (Å²) in [7, 11) is -2.42. The molecule has 0 atom stereocenters. The molecule has 0 amide bonds. The van der Waals surface area contributed by atoms with E-state index < -0.39 is 10.1 Å². The molecule has 0 saturated heterocycles. The van der Waals surface area contributed by atoms with Crippen LogP contribution in [0.4, 0.5) is 0 Å². The molecule has 0 bridgehead atoms. The highest BCUT2D eigenvalue weighted by molar-refractivity contribution is 7.87. The van der Waals surface area contributed by atoms with Gasteiger partial charge in [0.05, 0.1) is 12.7 Å². The van der Waals surface area contributed by atoms with Crippen molar-refractivity contribution in [2.75, 3.05) is 7.11 Å². The van der Waals surface area contributed by atoms with E-state index in [1.165, 1.54) is 30.3 Å². The van der Waals surface area contributed by atoms with E-state index in [1.807, 2.05) is 6.92 Å². The van der Waals surface area contributed by atoms with Crippen molar-refractivity contribution in [3.63, 3.8) is 0 Å². The van der Waals surface area contributed by atoms with Crippen LogP contribution in [0, 0.1) is 6.92 Å². The maximum absolute atomic E-state index is 12.6. The highest BCUT2D eigenvalue weighted by Crippen LogP contribution is 2.35. The first kappa shape index (κ1) is 19.7. The topological polar surface area (TPSA) is 78.9 Å². The van der Waals surface area contributed by atoms with Gasteiger partial charge in [0.2, 0.25) is 5.78 Å². The number of rotatable bonds is 5. The van der Waals surface area contributed by atoms with E-state index in [0.29, 0.717) is 11.3 Å². The van der Waals surface area contributed by atoms with Crippen LogP contribution < -0.4 is 13.7 Å². The van der Waals surface area contributed by atoms with E-state index >= 15 is 0 Å². The maximum atomic E-state index is 12.6. The Morgan fingerprint density at radius 3 is 2.23 bits per heavy atom. The van der Waals surface area contributed by atoms with Gasteiger partial charge in [0.15, 0.2) is 5.76 Å². The normalized spacial score (nSPS) is 14.3. The summed E-state index contributed by atoms with van der Waals surface area (Å²) in [5, 5.41) is 0. The minimum atomic E-state index is -4.00. The standard InChI is InChI=1S/C23H18O6S/c1-15-3-10-19(11-4-15)30(25,26)29-18-9-12-20-21(14-18)28-22(23(20)24)13-16-5-7-17(27-2)8-6-16/h3-14H,1-2H3. The molecule has 0 fully saturated rings. The molecule has 3 aromatic carbocycles. The van der Waals surface area contributed by atoms with Crippen LogP contribution >= 0.6 is 0 Å². The van der Waals surface area contributed by atoms with E-state index in [0.717, 1.165) is 11.1 Å². The number of fused-ring (bicyclic) bond motifs is 1. The zero-order valence-corrected chi connectivity index (χ0v) is 17.1.